The molecule has 0 amide bonds. The average molecular weight is 309 g/mol. The summed E-state index contributed by atoms with van der Waals surface area (Å²) in [6.45, 7) is 12.3. The fourth-order valence-electron chi connectivity index (χ4n) is 2.54. The van der Waals surface area contributed by atoms with Gasteiger partial charge in [-0.1, -0.05) is 27.7 Å². The third kappa shape index (κ3) is 4.81. The summed E-state index contributed by atoms with van der Waals surface area (Å²) in [5.41, 5.74) is 1.27. The van der Waals surface area contributed by atoms with Crippen molar-refractivity contribution in [3.05, 3.63) is 17.5 Å². The Labute approximate surface area is 132 Å². The third-order valence-corrected chi connectivity index (χ3v) is 3.68. The molecule has 2 heterocycles. The van der Waals surface area contributed by atoms with Crippen LogP contribution in [0.1, 0.15) is 49.8 Å². The summed E-state index contributed by atoms with van der Waals surface area (Å²) in [6, 6.07) is 1.75. The topological polar surface area (TPSA) is 67.5 Å². The molecule has 2 rings (SSSR count). The summed E-state index contributed by atoms with van der Waals surface area (Å²) >= 11 is 0. The second-order valence-electron chi connectivity index (χ2n) is 6.61. The van der Waals surface area contributed by atoms with Gasteiger partial charge in [-0.2, -0.15) is 5.10 Å². The lowest BCUT2D eigenvalue weighted by Gasteiger charge is -2.33. The number of carbonyl (C=O) groups is 1. The molecule has 1 aliphatic heterocycles. The van der Waals surface area contributed by atoms with E-state index in [9.17, 15) is 4.79 Å². The van der Waals surface area contributed by atoms with Crippen molar-refractivity contribution in [2.45, 2.75) is 39.7 Å². The number of carbonyl (C=O) groups excluding carboxylic acids is 1. The van der Waals surface area contributed by atoms with Gasteiger partial charge in [0.2, 0.25) is 0 Å². The van der Waals surface area contributed by atoms with Crippen molar-refractivity contribution >= 4 is 5.97 Å². The molecule has 0 bridgehead atoms. The number of esters is 1. The van der Waals surface area contributed by atoms with Gasteiger partial charge in [0.1, 0.15) is 12.7 Å². The smallest absolute Gasteiger partial charge is 0.358 e. The van der Waals surface area contributed by atoms with Crippen LogP contribution in [-0.2, 0) is 9.47 Å². The molecule has 6 nitrogen and oxygen atoms in total. The highest BCUT2D eigenvalue weighted by Crippen LogP contribution is 2.13. The number of hydrogen-bond acceptors (Lipinski definition) is 5. The molecule has 1 fully saturated rings. The summed E-state index contributed by atoms with van der Waals surface area (Å²) < 4.78 is 11.0. The van der Waals surface area contributed by atoms with Crippen molar-refractivity contribution in [1.82, 2.24) is 15.1 Å². The minimum Gasteiger partial charge on any atom is -0.458 e. The maximum Gasteiger partial charge on any atom is 0.358 e. The Balaban J connectivity index is 1.80. The van der Waals surface area contributed by atoms with E-state index in [2.05, 4.69) is 28.9 Å². The van der Waals surface area contributed by atoms with Gasteiger partial charge in [-0.3, -0.25) is 10.00 Å². The SMILES string of the molecule is CC(C)CN1CCOC(COC(=O)c2cc(C(C)C)[nH]n2)C1. The lowest BCUT2D eigenvalue weighted by molar-refractivity contribution is -0.0613. The number of aromatic amines is 1. The Morgan fingerprint density at radius 3 is 2.91 bits per heavy atom. The first-order valence-corrected chi connectivity index (χ1v) is 8.02. The average Bonchev–Trinajstić information content (AvgIpc) is 2.94. The second-order valence-corrected chi connectivity index (χ2v) is 6.61. The first-order valence-electron chi connectivity index (χ1n) is 8.02. The van der Waals surface area contributed by atoms with Crippen LogP contribution in [-0.4, -0.2) is 60.0 Å². The molecule has 1 unspecified atom stereocenters. The normalized spacial score (nSPS) is 19.8. The predicted molar refractivity (Wildman–Crippen MR) is 84.0 cm³/mol. The van der Waals surface area contributed by atoms with Crippen molar-refractivity contribution in [2.75, 3.05) is 32.8 Å². The quantitative estimate of drug-likeness (QED) is 0.815. The Morgan fingerprint density at radius 2 is 2.27 bits per heavy atom. The van der Waals surface area contributed by atoms with Crippen molar-refractivity contribution in [2.24, 2.45) is 5.92 Å². The summed E-state index contributed by atoms with van der Waals surface area (Å²) in [6.07, 6.45) is -0.0556. The highest BCUT2D eigenvalue weighted by Gasteiger charge is 2.23. The van der Waals surface area contributed by atoms with E-state index in [0.29, 0.717) is 24.1 Å². The van der Waals surface area contributed by atoms with Gasteiger partial charge < -0.3 is 9.47 Å². The maximum absolute atomic E-state index is 12.0. The van der Waals surface area contributed by atoms with Crippen molar-refractivity contribution in [3.63, 3.8) is 0 Å². The van der Waals surface area contributed by atoms with Gasteiger partial charge in [-0.05, 0) is 17.9 Å². The zero-order valence-corrected chi connectivity index (χ0v) is 14.0. The molecule has 6 heteroatoms. The molecule has 1 saturated heterocycles. The number of aromatic nitrogens is 2. The first kappa shape index (κ1) is 17.0. The zero-order chi connectivity index (χ0) is 16.1. The maximum atomic E-state index is 12.0. The molecule has 1 atom stereocenters. The number of H-pyrrole nitrogens is 1. The number of nitrogens with one attached hydrogen (secondary N) is 1. The number of rotatable bonds is 6. The van der Waals surface area contributed by atoms with E-state index < -0.39 is 5.97 Å². The molecule has 124 valence electrons. The summed E-state index contributed by atoms with van der Waals surface area (Å²) in [5.74, 6) is 0.535. The summed E-state index contributed by atoms with van der Waals surface area (Å²) in [7, 11) is 0. The van der Waals surface area contributed by atoms with E-state index in [1.807, 2.05) is 13.8 Å². The molecule has 1 aromatic heterocycles. The van der Waals surface area contributed by atoms with Gasteiger partial charge in [0.05, 0.1) is 6.61 Å². The van der Waals surface area contributed by atoms with Crippen molar-refractivity contribution in [3.8, 4) is 0 Å². The Morgan fingerprint density at radius 1 is 1.50 bits per heavy atom. The van der Waals surface area contributed by atoms with E-state index in [0.717, 1.165) is 25.3 Å². The molecule has 0 aromatic carbocycles. The number of morpholine rings is 1. The van der Waals surface area contributed by atoms with Gasteiger partial charge in [0, 0.05) is 25.3 Å². The minimum absolute atomic E-state index is 0.0556. The molecular formula is C16H27N3O3. The van der Waals surface area contributed by atoms with Crippen LogP contribution in [0.15, 0.2) is 6.07 Å². The molecule has 22 heavy (non-hydrogen) atoms. The third-order valence-electron chi connectivity index (χ3n) is 3.68. The van der Waals surface area contributed by atoms with E-state index in [4.69, 9.17) is 9.47 Å². The fourth-order valence-corrected chi connectivity index (χ4v) is 2.54. The van der Waals surface area contributed by atoms with Gasteiger partial charge in [0.25, 0.3) is 0 Å². The molecule has 1 aliphatic rings. The van der Waals surface area contributed by atoms with Crippen LogP contribution in [0.2, 0.25) is 0 Å². The molecule has 0 aliphatic carbocycles. The standard InChI is InChI=1S/C16H27N3O3/c1-11(2)8-19-5-6-21-13(9-19)10-22-16(20)15-7-14(12(3)4)17-18-15/h7,11-13H,5-6,8-10H2,1-4H3,(H,17,18). The molecule has 0 spiro atoms. The summed E-state index contributed by atoms with van der Waals surface area (Å²) in [4.78, 5) is 14.4. The number of hydrogen-bond donors (Lipinski definition) is 1. The molecule has 1 aromatic rings. The van der Waals surface area contributed by atoms with Gasteiger partial charge in [-0.25, -0.2) is 4.79 Å². The van der Waals surface area contributed by atoms with Gasteiger partial charge in [-0.15, -0.1) is 0 Å². The zero-order valence-electron chi connectivity index (χ0n) is 14.0. The van der Waals surface area contributed by atoms with E-state index >= 15 is 0 Å². The molecule has 0 radical (unpaired) electrons. The number of nitrogens with zero attached hydrogens (tertiary/aromatic N) is 2. The van der Waals surface area contributed by atoms with E-state index in [1.165, 1.54) is 0 Å². The van der Waals surface area contributed by atoms with Crippen LogP contribution in [0.4, 0.5) is 0 Å². The van der Waals surface area contributed by atoms with Crippen LogP contribution in [0.5, 0.6) is 0 Å². The Hall–Kier alpha value is -1.40. The van der Waals surface area contributed by atoms with Crippen LogP contribution in [0.25, 0.3) is 0 Å². The molecular weight excluding hydrogens is 282 g/mol. The van der Waals surface area contributed by atoms with Crippen molar-refractivity contribution in [1.29, 1.82) is 0 Å². The van der Waals surface area contributed by atoms with Crippen LogP contribution < -0.4 is 0 Å². The Bertz CT molecular complexity index is 485. The van der Waals surface area contributed by atoms with E-state index in [1.54, 1.807) is 6.07 Å². The highest BCUT2D eigenvalue weighted by molar-refractivity contribution is 5.87. The lowest BCUT2D eigenvalue weighted by Crippen LogP contribution is -2.45. The van der Waals surface area contributed by atoms with Gasteiger partial charge in [0.15, 0.2) is 5.69 Å². The fraction of sp³-hybridized carbons (Fsp3) is 0.750. The van der Waals surface area contributed by atoms with Gasteiger partial charge >= 0.3 is 5.97 Å². The highest BCUT2D eigenvalue weighted by atomic mass is 16.6. The van der Waals surface area contributed by atoms with Crippen LogP contribution in [0.3, 0.4) is 0 Å². The second kappa shape index (κ2) is 7.74. The lowest BCUT2D eigenvalue weighted by atomic mass is 10.1. The van der Waals surface area contributed by atoms with E-state index in [-0.39, 0.29) is 12.7 Å². The minimum atomic E-state index is -0.396. The first-order chi connectivity index (χ1) is 10.5. The molecule has 1 N–H and O–H groups in total. The predicted octanol–water partition coefficient (Wildman–Crippen LogP) is 2.05. The largest absolute Gasteiger partial charge is 0.458 e. The van der Waals surface area contributed by atoms with Crippen molar-refractivity contribution < 1.29 is 14.3 Å². The van der Waals surface area contributed by atoms with Crippen LogP contribution in [0, 0.1) is 5.92 Å². The monoisotopic (exact) mass is 309 g/mol. The number of ether oxygens (including phenoxy) is 2. The Kier molecular flexibility index (Phi) is 5.97. The molecule has 0 saturated carbocycles. The summed E-state index contributed by atoms with van der Waals surface area (Å²) in [5, 5.41) is 6.87. The van der Waals surface area contributed by atoms with Crippen LogP contribution >= 0.6 is 0 Å².